The Balaban J connectivity index is 4.49. The Hall–Kier alpha value is -3.41. The van der Waals surface area contributed by atoms with Crippen LogP contribution in [0.2, 0.25) is 0 Å². The van der Waals surface area contributed by atoms with Crippen LogP contribution in [0.25, 0.3) is 0 Å². The summed E-state index contributed by atoms with van der Waals surface area (Å²) < 4.78 is 16.7. The largest absolute Gasteiger partial charge is 0.462 e. The van der Waals surface area contributed by atoms with Gasteiger partial charge in [0, 0.05) is 19.3 Å². The van der Waals surface area contributed by atoms with Crippen molar-refractivity contribution in [3.05, 3.63) is 85.1 Å². The van der Waals surface area contributed by atoms with Gasteiger partial charge in [-0.2, -0.15) is 0 Å². The van der Waals surface area contributed by atoms with Crippen LogP contribution in [0.4, 0.5) is 0 Å². The second-order valence-corrected chi connectivity index (χ2v) is 15.3. The van der Waals surface area contributed by atoms with Gasteiger partial charge >= 0.3 is 17.9 Å². The Labute approximate surface area is 356 Å². The second kappa shape index (κ2) is 46.3. The quantitative estimate of drug-likeness (QED) is 0.0265. The molecule has 6 heteroatoms. The van der Waals surface area contributed by atoms with Crippen LogP contribution in [0.5, 0.6) is 0 Å². The van der Waals surface area contributed by atoms with Crippen LogP contribution >= 0.6 is 0 Å². The Morgan fingerprint density at radius 2 is 0.707 bits per heavy atom. The molecule has 1 unspecified atom stereocenters. The van der Waals surface area contributed by atoms with E-state index in [9.17, 15) is 14.4 Å². The first kappa shape index (κ1) is 54.6. The molecule has 0 fully saturated rings. The van der Waals surface area contributed by atoms with Gasteiger partial charge in [0.15, 0.2) is 6.10 Å². The molecule has 0 aromatic heterocycles. The van der Waals surface area contributed by atoms with Gasteiger partial charge in [-0.25, -0.2) is 0 Å². The summed E-state index contributed by atoms with van der Waals surface area (Å²) in [6.45, 7) is 6.35. The summed E-state index contributed by atoms with van der Waals surface area (Å²) in [5.41, 5.74) is 0. The van der Waals surface area contributed by atoms with E-state index in [2.05, 4.69) is 106 Å². The van der Waals surface area contributed by atoms with Crippen molar-refractivity contribution < 1.29 is 28.6 Å². The normalized spacial score (nSPS) is 12.8. The van der Waals surface area contributed by atoms with E-state index in [0.29, 0.717) is 12.8 Å². The highest BCUT2D eigenvalue weighted by molar-refractivity contribution is 5.71. The van der Waals surface area contributed by atoms with Crippen molar-refractivity contribution in [2.75, 3.05) is 13.2 Å². The zero-order valence-corrected chi connectivity index (χ0v) is 37.5. The number of carbonyl (C=O) groups excluding carboxylic acids is 3. The van der Waals surface area contributed by atoms with Gasteiger partial charge in [0.1, 0.15) is 13.2 Å². The zero-order valence-electron chi connectivity index (χ0n) is 37.5. The molecule has 0 aromatic rings. The SMILES string of the molecule is CC/C=C\C/C=C\C/C=C\CCCCCC(=O)OC(COC(=O)CCCCCCC/C=C\C/C=C\CCC)COC(=O)CCCCCCC/C=C\C/C=C\CCCC. The van der Waals surface area contributed by atoms with Crippen LogP contribution in [-0.4, -0.2) is 37.2 Å². The summed E-state index contributed by atoms with van der Waals surface area (Å²) in [7, 11) is 0. The highest BCUT2D eigenvalue weighted by atomic mass is 16.6. The molecule has 0 aliphatic rings. The smallest absolute Gasteiger partial charge is 0.306 e. The van der Waals surface area contributed by atoms with E-state index in [1.54, 1.807) is 0 Å². The minimum atomic E-state index is -0.802. The van der Waals surface area contributed by atoms with Crippen LogP contribution in [-0.2, 0) is 28.6 Å². The summed E-state index contributed by atoms with van der Waals surface area (Å²) >= 11 is 0. The monoisotopic (exact) mass is 807 g/mol. The second-order valence-electron chi connectivity index (χ2n) is 15.3. The Morgan fingerprint density at radius 1 is 0.362 bits per heavy atom. The highest BCUT2D eigenvalue weighted by Gasteiger charge is 2.19. The lowest BCUT2D eigenvalue weighted by atomic mass is 10.1. The molecule has 0 radical (unpaired) electrons. The fourth-order valence-electron chi connectivity index (χ4n) is 6.04. The molecule has 0 amide bonds. The van der Waals surface area contributed by atoms with Gasteiger partial charge in [-0.1, -0.05) is 170 Å². The molecule has 0 rings (SSSR count). The number of hydrogen-bond donors (Lipinski definition) is 0. The molecule has 0 N–H and O–H groups in total. The average Bonchev–Trinajstić information content (AvgIpc) is 3.22. The van der Waals surface area contributed by atoms with Gasteiger partial charge in [-0.3, -0.25) is 14.4 Å². The topological polar surface area (TPSA) is 78.9 Å². The predicted molar refractivity (Wildman–Crippen MR) is 247 cm³/mol. The van der Waals surface area contributed by atoms with Gasteiger partial charge in [0.05, 0.1) is 0 Å². The van der Waals surface area contributed by atoms with Gasteiger partial charge in [0.2, 0.25) is 0 Å². The van der Waals surface area contributed by atoms with E-state index < -0.39 is 6.10 Å². The van der Waals surface area contributed by atoms with Gasteiger partial charge in [-0.15, -0.1) is 0 Å². The summed E-state index contributed by atoms with van der Waals surface area (Å²) in [5, 5.41) is 0. The molecule has 0 aromatic carbocycles. The molecular weight excluding hydrogens is 721 g/mol. The summed E-state index contributed by atoms with van der Waals surface area (Å²) in [5.74, 6) is -0.965. The summed E-state index contributed by atoms with van der Waals surface area (Å²) in [4.78, 5) is 37.8. The molecule has 0 bridgehead atoms. The maximum atomic E-state index is 12.7. The van der Waals surface area contributed by atoms with Crippen molar-refractivity contribution in [3.8, 4) is 0 Å². The molecule has 0 aliphatic heterocycles. The maximum Gasteiger partial charge on any atom is 0.306 e. The molecule has 330 valence electrons. The first-order valence-electron chi connectivity index (χ1n) is 23.6. The number of ether oxygens (including phenoxy) is 3. The number of carbonyl (C=O) groups is 3. The van der Waals surface area contributed by atoms with Crippen LogP contribution in [0.3, 0.4) is 0 Å². The van der Waals surface area contributed by atoms with E-state index in [1.807, 2.05) is 0 Å². The number of esters is 3. The van der Waals surface area contributed by atoms with Crippen LogP contribution in [0, 0.1) is 0 Å². The third kappa shape index (κ3) is 43.7. The molecule has 6 nitrogen and oxygen atoms in total. The maximum absolute atomic E-state index is 12.7. The van der Waals surface area contributed by atoms with Crippen molar-refractivity contribution >= 4 is 17.9 Å². The molecule has 0 saturated carbocycles. The minimum absolute atomic E-state index is 0.102. The number of rotatable bonds is 41. The average molecular weight is 807 g/mol. The molecule has 0 saturated heterocycles. The van der Waals surface area contributed by atoms with Crippen LogP contribution < -0.4 is 0 Å². The lowest BCUT2D eigenvalue weighted by Gasteiger charge is -2.18. The molecule has 0 heterocycles. The fraction of sp³-hybridized carbons (Fsp3) is 0.673. The van der Waals surface area contributed by atoms with E-state index >= 15 is 0 Å². The Morgan fingerprint density at radius 3 is 1.14 bits per heavy atom. The molecule has 0 spiro atoms. The van der Waals surface area contributed by atoms with Crippen molar-refractivity contribution in [1.29, 1.82) is 0 Å². The lowest BCUT2D eigenvalue weighted by Crippen LogP contribution is -2.30. The number of allylic oxidation sites excluding steroid dienone is 14. The summed E-state index contributed by atoms with van der Waals surface area (Å²) in [6, 6.07) is 0. The van der Waals surface area contributed by atoms with Gasteiger partial charge < -0.3 is 14.2 Å². The number of hydrogen-bond acceptors (Lipinski definition) is 6. The molecule has 58 heavy (non-hydrogen) atoms. The highest BCUT2D eigenvalue weighted by Crippen LogP contribution is 2.12. The van der Waals surface area contributed by atoms with Crippen LogP contribution in [0.15, 0.2) is 85.1 Å². The number of unbranched alkanes of at least 4 members (excludes halogenated alkanes) is 16. The van der Waals surface area contributed by atoms with Crippen molar-refractivity contribution in [1.82, 2.24) is 0 Å². The lowest BCUT2D eigenvalue weighted by molar-refractivity contribution is -0.167. The fourth-order valence-corrected chi connectivity index (χ4v) is 6.04. The Kier molecular flexibility index (Phi) is 43.6. The van der Waals surface area contributed by atoms with E-state index in [1.165, 1.54) is 25.7 Å². The minimum Gasteiger partial charge on any atom is -0.462 e. The summed E-state index contributed by atoms with van der Waals surface area (Å²) in [6.07, 6.45) is 58.5. The van der Waals surface area contributed by atoms with Gasteiger partial charge in [0.25, 0.3) is 0 Å². The zero-order chi connectivity index (χ0) is 42.3. The molecule has 1 atom stereocenters. The predicted octanol–water partition coefficient (Wildman–Crippen LogP) is 15.3. The molecule has 0 aliphatic carbocycles. The van der Waals surface area contributed by atoms with E-state index in [0.717, 1.165) is 141 Å². The Bertz CT molecular complexity index is 1160. The third-order valence-electron chi connectivity index (χ3n) is 9.58. The first-order chi connectivity index (χ1) is 28.5. The van der Waals surface area contributed by atoms with Crippen molar-refractivity contribution in [2.24, 2.45) is 0 Å². The van der Waals surface area contributed by atoms with E-state index in [-0.39, 0.29) is 37.5 Å². The van der Waals surface area contributed by atoms with Crippen molar-refractivity contribution in [2.45, 2.75) is 213 Å². The van der Waals surface area contributed by atoms with Crippen molar-refractivity contribution in [3.63, 3.8) is 0 Å². The van der Waals surface area contributed by atoms with Crippen LogP contribution in [0.1, 0.15) is 207 Å². The third-order valence-corrected chi connectivity index (χ3v) is 9.58. The molecular formula is C52H86O6. The van der Waals surface area contributed by atoms with Gasteiger partial charge in [-0.05, 0) is 103 Å². The first-order valence-corrected chi connectivity index (χ1v) is 23.6. The van der Waals surface area contributed by atoms with E-state index in [4.69, 9.17) is 14.2 Å². The standard InChI is InChI=1S/C52H86O6/c1-4-7-10-13-16-19-22-25-28-30-33-36-39-42-45-51(54)57-48-49(58-52(55)46-43-40-37-34-31-27-24-21-18-15-12-9-6-3)47-56-50(53)44-41-38-35-32-29-26-23-20-17-14-11-8-5-2/h9,11-14,16,18,20-23,25,27,31,49H,4-8,10,15,17,19,24,26,28-30,32-48H2,1-3H3/b12-9-,14-11-,16-13-,21-18-,23-20-,25-22-,31-27-.